The van der Waals surface area contributed by atoms with Crippen molar-refractivity contribution >= 4 is 17.2 Å². The Hall–Kier alpha value is -2.30. The minimum absolute atomic E-state index is 0.0234. The van der Waals surface area contributed by atoms with Crippen LogP contribution in [0.4, 0.5) is 11.4 Å². The number of nitrogens with two attached hydrogens (primary N) is 1. The molecule has 1 aromatic carbocycles. The van der Waals surface area contributed by atoms with Gasteiger partial charge in [-0.2, -0.15) is 5.10 Å². The molecule has 0 aliphatic heterocycles. The van der Waals surface area contributed by atoms with E-state index in [0.717, 1.165) is 16.9 Å². The first-order valence-corrected chi connectivity index (χ1v) is 5.71. The number of anilines is 2. The number of carbonyl (C=O) groups is 1. The van der Waals surface area contributed by atoms with Gasteiger partial charge in [0.25, 0.3) is 0 Å². The summed E-state index contributed by atoms with van der Waals surface area (Å²) in [5.74, 6) is -0.0234. The van der Waals surface area contributed by atoms with Crippen molar-refractivity contribution in [3.8, 4) is 0 Å². The smallest absolute Gasteiger partial charge is 0.161 e. The lowest BCUT2D eigenvalue weighted by molar-refractivity contribution is 0.101. The number of benzene rings is 1. The zero-order valence-corrected chi connectivity index (χ0v) is 10.4. The van der Waals surface area contributed by atoms with Crippen LogP contribution in [0.1, 0.15) is 28.5 Å². The van der Waals surface area contributed by atoms with Crippen molar-refractivity contribution < 1.29 is 4.79 Å². The highest BCUT2D eigenvalue weighted by molar-refractivity contribution is 5.99. The number of aromatic amines is 1. The lowest BCUT2D eigenvalue weighted by Gasteiger charge is -2.08. The molecule has 0 radical (unpaired) electrons. The second-order valence-electron chi connectivity index (χ2n) is 4.23. The maximum absolute atomic E-state index is 11.3. The van der Waals surface area contributed by atoms with Crippen molar-refractivity contribution in [3.63, 3.8) is 0 Å². The number of aromatic nitrogens is 2. The molecule has 1 aromatic heterocycles. The molecule has 0 aliphatic rings. The van der Waals surface area contributed by atoms with E-state index in [9.17, 15) is 4.79 Å². The summed E-state index contributed by atoms with van der Waals surface area (Å²) in [6.07, 6.45) is 1.79. The van der Waals surface area contributed by atoms with Crippen LogP contribution in [-0.2, 0) is 6.54 Å². The van der Waals surface area contributed by atoms with E-state index < -0.39 is 0 Å². The summed E-state index contributed by atoms with van der Waals surface area (Å²) in [6.45, 7) is 4.14. The number of carbonyl (C=O) groups excluding carboxylic acids is 1. The Morgan fingerprint density at radius 1 is 1.50 bits per heavy atom. The number of aryl methyl sites for hydroxylation is 1. The molecule has 2 aromatic rings. The van der Waals surface area contributed by atoms with Gasteiger partial charge in [-0.25, -0.2) is 0 Å². The van der Waals surface area contributed by atoms with Gasteiger partial charge in [0.15, 0.2) is 5.78 Å². The first-order chi connectivity index (χ1) is 8.58. The maximum atomic E-state index is 11.3. The van der Waals surface area contributed by atoms with Crippen molar-refractivity contribution in [3.05, 3.63) is 41.2 Å². The van der Waals surface area contributed by atoms with Gasteiger partial charge in [0.1, 0.15) is 0 Å². The van der Waals surface area contributed by atoms with E-state index in [1.54, 1.807) is 18.3 Å². The van der Waals surface area contributed by atoms with Gasteiger partial charge < -0.3 is 11.1 Å². The summed E-state index contributed by atoms with van der Waals surface area (Å²) in [6, 6.07) is 5.36. The second-order valence-corrected chi connectivity index (χ2v) is 4.23. The third-order valence-electron chi connectivity index (χ3n) is 2.85. The summed E-state index contributed by atoms with van der Waals surface area (Å²) in [7, 11) is 0. The van der Waals surface area contributed by atoms with Crippen LogP contribution in [0.2, 0.25) is 0 Å². The normalized spacial score (nSPS) is 10.3. The Kier molecular flexibility index (Phi) is 3.32. The van der Waals surface area contributed by atoms with E-state index in [4.69, 9.17) is 5.73 Å². The van der Waals surface area contributed by atoms with Crippen molar-refractivity contribution in [2.75, 3.05) is 11.1 Å². The van der Waals surface area contributed by atoms with Crippen molar-refractivity contribution in [1.82, 2.24) is 10.2 Å². The quantitative estimate of drug-likeness (QED) is 0.568. The van der Waals surface area contributed by atoms with Crippen LogP contribution in [0, 0.1) is 6.92 Å². The minimum atomic E-state index is -0.0234. The number of hydrogen-bond donors (Lipinski definition) is 3. The molecule has 0 saturated heterocycles. The third kappa shape index (κ3) is 2.51. The number of rotatable bonds is 4. The molecule has 0 bridgehead atoms. The van der Waals surface area contributed by atoms with Crippen molar-refractivity contribution in [1.29, 1.82) is 0 Å². The number of nitrogens with one attached hydrogen (secondary N) is 2. The Bertz CT molecular complexity index is 574. The van der Waals surface area contributed by atoms with Gasteiger partial charge >= 0.3 is 0 Å². The number of hydrogen-bond acceptors (Lipinski definition) is 4. The largest absolute Gasteiger partial charge is 0.398 e. The van der Waals surface area contributed by atoms with Gasteiger partial charge in [0.2, 0.25) is 0 Å². The fourth-order valence-electron chi connectivity index (χ4n) is 1.74. The van der Waals surface area contributed by atoms with Gasteiger partial charge in [-0.15, -0.1) is 0 Å². The first-order valence-electron chi connectivity index (χ1n) is 5.71. The standard InChI is InChI=1S/C13H16N4O/c1-8-10(7-16-17-8)6-15-11-3-4-12(9(2)18)13(14)5-11/h3-5,7,15H,6,14H2,1-2H3,(H,16,17). The van der Waals surface area contributed by atoms with Gasteiger partial charge in [-0.1, -0.05) is 0 Å². The van der Waals surface area contributed by atoms with Crippen LogP contribution in [-0.4, -0.2) is 16.0 Å². The molecule has 94 valence electrons. The second kappa shape index (κ2) is 4.91. The summed E-state index contributed by atoms with van der Waals surface area (Å²) >= 11 is 0. The average Bonchev–Trinajstić information content (AvgIpc) is 2.72. The van der Waals surface area contributed by atoms with Gasteiger partial charge in [0, 0.05) is 34.7 Å². The molecular weight excluding hydrogens is 228 g/mol. The van der Waals surface area contributed by atoms with Gasteiger partial charge in [-0.3, -0.25) is 9.89 Å². The number of Topliss-reactive ketones (excluding diaryl/α,β-unsaturated/α-hetero) is 1. The lowest BCUT2D eigenvalue weighted by atomic mass is 10.1. The molecule has 0 aliphatic carbocycles. The molecule has 0 fully saturated rings. The fraction of sp³-hybridized carbons (Fsp3) is 0.231. The van der Waals surface area contributed by atoms with E-state index in [-0.39, 0.29) is 5.78 Å². The molecule has 0 amide bonds. The zero-order valence-electron chi connectivity index (χ0n) is 10.4. The number of nitrogen functional groups attached to an aromatic ring is 1. The molecule has 5 heteroatoms. The van der Waals surface area contributed by atoms with E-state index in [0.29, 0.717) is 17.8 Å². The fourth-order valence-corrected chi connectivity index (χ4v) is 1.74. The average molecular weight is 244 g/mol. The third-order valence-corrected chi connectivity index (χ3v) is 2.85. The molecule has 18 heavy (non-hydrogen) atoms. The Labute approximate surface area is 105 Å². The van der Waals surface area contributed by atoms with E-state index in [1.165, 1.54) is 6.92 Å². The molecule has 4 N–H and O–H groups in total. The van der Waals surface area contributed by atoms with Crippen LogP contribution >= 0.6 is 0 Å². The minimum Gasteiger partial charge on any atom is -0.398 e. The molecular formula is C13H16N4O. The maximum Gasteiger partial charge on any atom is 0.161 e. The summed E-state index contributed by atoms with van der Waals surface area (Å²) in [5.41, 5.74) is 9.90. The predicted molar refractivity (Wildman–Crippen MR) is 71.5 cm³/mol. The van der Waals surface area contributed by atoms with Crippen LogP contribution in [0.15, 0.2) is 24.4 Å². The molecule has 0 atom stereocenters. The predicted octanol–water partition coefficient (Wildman–Crippen LogP) is 2.12. The Balaban J connectivity index is 2.09. The monoisotopic (exact) mass is 244 g/mol. The van der Waals surface area contributed by atoms with E-state index in [1.807, 2.05) is 13.0 Å². The number of nitrogens with zero attached hydrogens (tertiary/aromatic N) is 1. The van der Waals surface area contributed by atoms with Crippen LogP contribution in [0.3, 0.4) is 0 Å². The number of ketones is 1. The summed E-state index contributed by atoms with van der Waals surface area (Å²) < 4.78 is 0. The molecule has 0 unspecified atom stereocenters. The number of H-pyrrole nitrogens is 1. The topological polar surface area (TPSA) is 83.8 Å². The molecule has 0 spiro atoms. The van der Waals surface area contributed by atoms with Crippen LogP contribution in [0.25, 0.3) is 0 Å². The highest BCUT2D eigenvalue weighted by Crippen LogP contribution is 2.19. The molecule has 5 nitrogen and oxygen atoms in total. The first kappa shape index (κ1) is 12.2. The highest BCUT2D eigenvalue weighted by atomic mass is 16.1. The Morgan fingerprint density at radius 2 is 2.28 bits per heavy atom. The van der Waals surface area contributed by atoms with Crippen LogP contribution < -0.4 is 11.1 Å². The van der Waals surface area contributed by atoms with Crippen LogP contribution in [0.5, 0.6) is 0 Å². The molecule has 2 rings (SSSR count). The summed E-state index contributed by atoms with van der Waals surface area (Å²) in [5, 5.41) is 10.1. The summed E-state index contributed by atoms with van der Waals surface area (Å²) in [4.78, 5) is 11.3. The highest BCUT2D eigenvalue weighted by Gasteiger charge is 2.05. The Morgan fingerprint density at radius 3 is 2.83 bits per heavy atom. The van der Waals surface area contributed by atoms with Crippen molar-refractivity contribution in [2.45, 2.75) is 20.4 Å². The molecule has 1 heterocycles. The lowest BCUT2D eigenvalue weighted by Crippen LogP contribution is -2.03. The molecule has 0 saturated carbocycles. The SMILES string of the molecule is CC(=O)c1ccc(NCc2cn[nH]c2C)cc1N. The van der Waals surface area contributed by atoms with Gasteiger partial charge in [-0.05, 0) is 32.0 Å². The van der Waals surface area contributed by atoms with Gasteiger partial charge in [0.05, 0.1) is 6.20 Å². The van der Waals surface area contributed by atoms with Crippen molar-refractivity contribution in [2.24, 2.45) is 0 Å². The van der Waals surface area contributed by atoms with E-state index in [2.05, 4.69) is 15.5 Å². The zero-order chi connectivity index (χ0) is 13.1. The van der Waals surface area contributed by atoms with E-state index >= 15 is 0 Å².